The van der Waals surface area contributed by atoms with Crippen LogP contribution in [0.15, 0.2) is 0 Å². The first-order valence-electron chi connectivity index (χ1n) is 6.80. The molecule has 1 aliphatic heterocycles. The van der Waals surface area contributed by atoms with Crippen molar-refractivity contribution in [3.8, 4) is 0 Å². The van der Waals surface area contributed by atoms with E-state index in [1.54, 1.807) is 0 Å². The summed E-state index contributed by atoms with van der Waals surface area (Å²) in [5.41, 5.74) is 5.92. The Kier molecular flexibility index (Phi) is 6.32. The van der Waals surface area contributed by atoms with E-state index >= 15 is 0 Å². The highest BCUT2D eigenvalue weighted by molar-refractivity contribution is 4.84. The van der Waals surface area contributed by atoms with Gasteiger partial charge < -0.3 is 10.5 Å². The molecule has 1 heterocycles. The third kappa shape index (κ3) is 3.72. The van der Waals surface area contributed by atoms with Crippen molar-refractivity contribution in [2.24, 2.45) is 5.73 Å². The molecule has 3 nitrogen and oxygen atoms in total. The maximum absolute atomic E-state index is 5.92. The maximum Gasteiger partial charge on any atom is 0.0674 e. The Labute approximate surface area is 100 Å². The van der Waals surface area contributed by atoms with Crippen LogP contribution in [-0.4, -0.2) is 42.8 Å². The fourth-order valence-corrected chi connectivity index (χ4v) is 2.53. The molecule has 0 bridgehead atoms. The lowest BCUT2D eigenvalue weighted by Gasteiger charge is -2.43. The van der Waals surface area contributed by atoms with E-state index in [0.29, 0.717) is 18.2 Å². The molecule has 0 saturated carbocycles. The smallest absolute Gasteiger partial charge is 0.0674 e. The summed E-state index contributed by atoms with van der Waals surface area (Å²) >= 11 is 0. The van der Waals surface area contributed by atoms with E-state index < -0.39 is 0 Å². The Hall–Kier alpha value is -0.120. The van der Waals surface area contributed by atoms with Crippen LogP contribution in [0.1, 0.15) is 46.5 Å². The number of ether oxygens (including phenoxy) is 1. The Balaban J connectivity index is 2.55. The summed E-state index contributed by atoms with van der Waals surface area (Å²) in [5.74, 6) is 0. The maximum atomic E-state index is 5.92. The van der Waals surface area contributed by atoms with Crippen molar-refractivity contribution in [2.75, 3.05) is 19.7 Å². The minimum absolute atomic E-state index is 0.360. The number of morpholine rings is 1. The molecule has 96 valence electrons. The first-order valence-corrected chi connectivity index (χ1v) is 6.80. The Bertz CT molecular complexity index is 187. The molecule has 1 saturated heterocycles. The molecular weight excluding hydrogens is 200 g/mol. The van der Waals surface area contributed by atoms with E-state index in [2.05, 4.69) is 25.7 Å². The second kappa shape index (κ2) is 7.25. The number of nitrogens with zero attached hydrogens (tertiary/aromatic N) is 1. The van der Waals surface area contributed by atoms with Gasteiger partial charge in [0, 0.05) is 25.2 Å². The molecule has 1 rings (SSSR count). The molecule has 16 heavy (non-hydrogen) atoms. The van der Waals surface area contributed by atoms with E-state index in [9.17, 15) is 0 Å². The highest BCUT2D eigenvalue weighted by atomic mass is 16.5. The van der Waals surface area contributed by atoms with Gasteiger partial charge in [0.1, 0.15) is 0 Å². The van der Waals surface area contributed by atoms with E-state index in [-0.39, 0.29) is 0 Å². The first-order chi connectivity index (χ1) is 7.72. The standard InChI is InChI=1S/C13H28N2O/c1-4-6-7-13(8-14)15-9-11(3)16-10-12(15)5-2/h11-13H,4-10,14H2,1-3H3. The monoisotopic (exact) mass is 228 g/mol. The number of unbranched alkanes of at least 4 members (excludes halogenated alkanes) is 1. The zero-order valence-electron chi connectivity index (χ0n) is 11.1. The van der Waals surface area contributed by atoms with Crippen LogP contribution in [0.4, 0.5) is 0 Å². The number of hydrogen-bond acceptors (Lipinski definition) is 3. The Morgan fingerprint density at radius 1 is 1.44 bits per heavy atom. The summed E-state index contributed by atoms with van der Waals surface area (Å²) in [4.78, 5) is 2.59. The van der Waals surface area contributed by atoms with Gasteiger partial charge in [-0.25, -0.2) is 0 Å². The predicted octanol–water partition coefficient (Wildman–Crippen LogP) is 2.00. The van der Waals surface area contributed by atoms with Crippen molar-refractivity contribution in [1.29, 1.82) is 0 Å². The topological polar surface area (TPSA) is 38.5 Å². The van der Waals surface area contributed by atoms with Crippen LogP contribution in [0.5, 0.6) is 0 Å². The van der Waals surface area contributed by atoms with Crippen molar-refractivity contribution in [2.45, 2.75) is 64.6 Å². The van der Waals surface area contributed by atoms with Gasteiger partial charge in [-0.15, -0.1) is 0 Å². The zero-order chi connectivity index (χ0) is 12.0. The molecule has 3 atom stereocenters. The van der Waals surface area contributed by atoms with Gasteiger partial charge >= 0.3 is 0 Å². The fourth-order valence-electron chi connectivity index (χ4n) is 2.53. The molecule has 0 radical (unpaired) electrons. The van der Waals surface area contributed by atoms with Crippen LogP contribution in [0, 0.1) is 0 Å². The molecule has 3 heteroatoms. The number of nitrogens with two attached hydrogens (primary N) is 1. The minimum Gasteiger partial charge on any atom is -0.376 e. The van der Waals surface area contributed by atoms with Gasteiger partial charge in [-0.2, -0.15) is 0 Å². The summed E-state index contributed by atoms with van der Waals surface area (Å²) in [7, 11) is 0. The summed E-state index contributed by atoms with van der Waals surface area (Å²) in [6.07, 6.45) is 5.29. The zero-order valence-corrected chi connectivity index (χ0v) is 11.1. The van der Waals surface area contributed by atoms with Gasteiger partial charge in [0.15, 0.2) is 0 Å². The van der Waals surface area contributed by atoms with Crippen molar-refractivity contribution < 1.29 is 4.74 Å². The molecule has 0 aromatic carbocycles. The average Bonchev–Trinajstić information content (AvgIpc) is 2.30. The van der Waals surface area contributed by atoms with E-state index in [1.165, 1.54) is 19.3 Å². The average molecular weight is 228 g/mol. The fraction of sp³-hybridized carbons (Fsp3) is 1.00. The summed E-state index contributed by atoms with van der Waals surface area (Å²) < 4.78 is 5.73. The SMILES string of the molecule is CCCCC(CN)N1CC(C)OCC1CC. The lowest BCUT2D eigenvalue weighted by atomic mass is 10.0. The van der Waals surface area contributed by atoms with Crippen LogP contribution in [-0.2, 0) is 4.74 Å². The van der Waals surface area contributed by atoms with Gasteiger partial charge in [0.25, 0.3) is 0 Å². The van der Waals surface area contributed by atoms with Crippen LogP contribution < -0.4 is 5.73 Å². The molecular formula is C13H28N2O. The molecule has 3 unspecified atom stereocenters. The molecule has 1 aliphatic rings. The van der Waals surface area contributed by atoms with Gasteiger partial charge in [-0.05, 0) is 19.8 Å². The summed E-state index contributed by atoms with van der Waals surface area (Å²) in [5, 5.41) is 0. The Morgan fingerprint density at radius 2 is 2.19 bits per heavy atom. The van der Waals surface area contributed by atoms with Crippen molar-refractivity contribution in [3.63, 3.8) is 0 Å². The summed E-state index contributed by atoms with van der Waals surface area (Å²) in [6, 6.07) is 1.12. The predicted molar refractivity (Wildman–Crippen MR) is 68.6 cm³/mol. The van der Waals surface area contributed by atoms with Crippen LogP contribution >= 0.6 is 0 Å². The molecule has 0 aliphatic carbocycles. The highest BCUT2D eigenvalue weighted by Gasteiger charge is 2.29. The highest BCUT2D eigenvalue weighted by Crippen LogP contribution is 2.20. The Morgan fingerprint density at radius 3 is 2.75 bits per heavy atom. The third-order valence-corrected chi connectivity index (χ3v) is 3.61. The normalized spacial score (nSPS) is 29.2. The molecule has 0 aromatic heterocycles. The minimum atomic E-state index is 0.360. The van der Waals surface area contributed by atoms with Crippen molar-refractivity contribution in [3.05, 3.63) is 0 Å². The van der Waals surface area contributed by atoms with Crippen molar-refractivity contribution in [1.82, 2.24) is 4.90 Å². The van der Waals surface area contributed by atoms with E-state index in [0.717, 1.165) is 26.1 Å². The van der Waals surface area contributed by atoms with Crippen LogP contribution in [0.2, 0.25) is 0 Å². The summed E-state index contributed by atoms with van der Waals surface area (Å²) in [6.45, 7) is 9.34. The molecule has 0 spiro atoms. The third-order valence-electron chi connectivity index (χ3n) is 3.61. The largest absolute Gasteiger partial charge is 0.376 e. The lowest BCUT2D eigenvalue weighted by molar-refractivity contribution is -0.0724. The number of hydrogen-bond donors (Lipinski definition) is 1. The first kappa shape index (κ1) is 13.9. The molecule has 0 amide bonds. The number of rotatable bonds is 6. The van der Waals surface area contributed by atoms with Gasteiger partial charge in [0.2, 0.25) is 0 Å². The van der Waals surface area contributed by atoms with Gasteiger partial charge in [-0.1, -0.05) is 26.7 Å². The quantitative estimate of drug-likeness (QED) is 0.756. The molecule has 1 fully saturated rings. The molecule has 0 aromatic rings. The van der Waals surface area contributed by atoms with Crippen LogP contribution in [0.25, 0.3) is 0 Å². The van der Waals surface area contributed by atoms with Crippen molar-refractivity contribution >= 4 is 0 Å². The van der Waals surface area contributed by atoms with Gasteiger partial charge in [0.05, 0.1) is 12.7 Å². The molecule has 2 N–H and O–H groups in total. The second-order valence-electron chi connectivity index (χ2n) is 4.93. The second-order valence-corrected chi connectivity index (χ2v) is 4.93. The van der Waals surface area contributed by atoms with Gasteiger partial charge in [-0.3, -0.25) is 4.90 Å². The van der Waals surface area contributed by atoms with E-state index in [4.69, 9.17) is 10.5 Å². The van der Waals surface area contributed by atoms with Crippen LogP contribution in [0.3, 0.4) is 0 Å². The lowest BCUT2D eigenvalue weighted by Crippen LogP contribution is -2.55. The van der Waals surface area contributed by atoms with E-state index in [1.807, 2.05) is 0 Å².